The van der Waals surface area contributed by atoms with Crippen LogP contribution in [-0.4, -0.2) is 94.2 Å². The Hall–Kier alpha value is -5.56. The van der Waals surface area contributed by atoms with Crippen molar-refractivity contribution in [3.63, 3.8) is 0 Å². The minimum Gasteiger partial charge on any atom is -0.497 e. The fourth-order valence-electron chi connectivity index (χ4n) is 9.40. The van der Waals surface area contributed by atoms with Crippen LogP contribution in [0, 0.1) is 11.3 Å². The molecule has 0 bridgehead atoms. The summed E-state index contributed by atoms with van der Waals surface area (Å²) < 4.78 is 76.1. The molecule has 390 valence electrons. The third-order valence-electron chi connectivity index (χ3n) is 12.9. The van der Waals surface area contributed by atoms with Crippen molar-refractivity contribution >= 4 is 8.53 Å². The summed E-state index contributed by atoms with van der Waals surface area (Å²) in [4.78, 5) is 0. The van der Waals surface area contributed by atoms with Crippen molar-refractivity contribution in [1.29, 1.82) is 5.26 Å². The largest absolute Gasteiger partial charge is 0.497 e. The quantitative estimate of drug-likeness (QED) is 0.0291. The second kappa shape index (κ2) is 27.3. The molecule has 6 aromatic rings. The number of methoxy groups -OCH3 is 2. The molecule has 0 aromatic heterocycles. The molecule has 2 aliphatic rings. The van der Waals surface area contributed by atoms with Crippen molar-refractivity contribution < 1.29 is 51.7 Å². The van der Waals surface area contributed by atoms with Crippen molar-refractivity contribution in [3.05, 3.63) is 203 Å². The highest BCUT2D eigenvalue weighted by atomic mass is 31.2. The van der Waals surface area contributed by atoms with Crippen molar-refractivity contribution in [2.75, 3.05) is 40.6 Å². The fourth-order valence-corrected chi connectivity index (χ4v) is 11.0. The van der Waals surface area contributed by atoms with Gasteiger partial charge in [-0.3, -0.25) is 0 Å². The zero-order valence-corrected chi connectivity index (χ0v) is 44.0. The lowest BCUT2D eigenvalue weighted by Crippen LogP contribution is -2.64. The van der Waals surface area contributed by atoms with Gasteiger partial charge in [-0.1, -0.05) is 146 Å². The lowest BCUT2D eigenvalue weighted by molar-refractivity contribution is -0.379. The molecule has 0 radical (unpaired) electrons. The van der Waals surface area contributed by atoms with Crippen LogP contribution in [0.2, 0.25) is 0 Å². The van der Waals surface area contributed by atoms with Crippen molar-refractivity contribution in [3.8, 4) is 17.6 Å². The summed E-state index contributed by atoms with van der Waals surface area (Å²) in [6, 6.07) is 58.1. The zero-order valence-electron chi connectivity index (χ0n) is 43.1. The summed E-state index contributed by atoms with van der Waals surface area (Å²) in [5, 5.41) is 9.56. The van der Waals surface area contributed by atoms with Crippen molar-refractivity contribution in [2.24, 2.45) is 0 Å². The Morgan fingerprint density at radius 3 is 1.66 bits per heavy atom. The number of nitrogens with zero attached hydrogens (tertiary/aromatic N) is 2. The van der Waals surface area contributed by atoms with Crippen LogP contribution in [0.15, 0.2) is 170 Å². The van der Waals surface area contributed by atoms with Crippen LogP contribution in [0.1, 0.15) is 73.8 Å². The van der Waals surface area contributed by atoms with E-state index >= 15 is 0 Å². The Morgan fingerprint density at radius 2 is 1.14 bits per heavy atom. The number of nitriles is 1. The average Bonchev–Trinajstić information content (AvgIpc) is 3.44. The van der Waals surface area contributed by atoms with Crippen LogP contribution < -0.4 is 9.47 Å². The van der Waals surface area contributed by atoms with Crippen molar-refractivity contribution in [2.45, 2.75) is 108 Å². The number of ether oxygens (including phenoxy) is 9. The maximum absolute atomic E-state index is 9.56. The van der Waals surface area contributed by atoms with Gasteiger partial charge in [-0.05, 0) is 79.8 Å². The number of rotatable bonds is 26. The topological polar surface area (TPSA) is 129 Å². The zero-order chi connectivity index (χ0) is 51.7. The van der Waals surface area contributed by atoms with Crippen LogP contribution in [-0.2, 0) is 61.0 Å². The lowest BCUT2D eigenvalue weighted by atomic mass is 9.80. The third kappa shape index (κ3) is 13.8. The van der Waals surface area contributed by atoms with Gasteiger partial charge in [-0.2, -0.15) is 5.26 Å². The van der Waals surface area contributed by atoms with Gasteiger partial charge in [0.1, 0.15) is 47.6 Å². The van der Waals surface area contributed by atoms with Gasteiger partial charge in [0.2, 0.25) is 0 Å². The summed E-state index contributed by atoms with van der Waals surface area (Å²) in [5.41, 5.74) is 4.20. The first kappa shape index (κ1) is 54.7. The fraction of sp³-hybridized carbons (Fsp3) is 0.383. The Morgan fingerprint density at radius 1 is 0.622 bits per heavy atom. The summed E-state index contributed by atoms with van der Waals surface area (Å²) in [7, 11) is 1.60. The van der Waals surface area contributed by atoms with Gasteiger partial charge in [0, 0.05) is 17.6 Å². The summed E-state index contributed by atoms with van der Waals surface area (Å²) in [5.74, 6) is 1.41. The van der Waals surface area contributed by atoms with E-state index in [4.69, 9.17) is 51.7 Å². The highest BCUT2D eigenvalue weighted by Gasteiger charge is 2.53. The Bertz CT molecular complexity index is 2540. The number of fused-ring (bicyclic) bond motifs is 1. The molecular weight excluding hydrogens is 956 g/mol. The minimum absolute atomic E-state index is 0.00225. The van der Waals surface area contributed by atoms with Gasteiger partial charge in [0.05, 0.1) is 66.4 Å². The van der Waals surface area contributed by atoms with Crippen LogP contribution in [0.4, 0.5) is 0 Å². The molecule has 14 heteroatoms. The van der Waals surface area contributed by atoms with Crippen LogP contribution >= 0.6 is 8.53 Å². The van der Waals surface area contributed by atoms with Crippen molar-refractivity contribution in [1.82, 2.24) is 4.67 Å². The van der Waals surface area contributed by atoms with Crippen LogP contribution in [0.25, 0.3) is 0 Å². The SMILES string of the molecule is COc1ccc(C(OC[C@@H](COP(OCCC#N)N(C(C)C)C(C)C)O[C@H]2O[C@@H]3COC(c4ccccc4)O[C@H]3[C@H](OCc3ccccc3)[C@H]2OCc2ccccc2)(c2ccccc2)c2ccc(OC)cc2)cc1. The average molecular weight is 1030 g/mol. The number of benzene rings is 6. The van der Waals surface area contributed by atoms with Gasteiger partial charge in [-0.25, -0.2) is 4.67 Å². The highest BCUT2D eigenvalue weighted by Crippen LogP contribution is 2.47. The van der Waals surface area contributed by atoms with Gasteiger partial charge < -0.3 is 51.7 Å². The highest BCUT2D eigenvalue weighted by molar-refractivity contribution is 7.44. The molecule has 8 rings (SSSR count). The van der Waals surface area contributed by atoms with Gasteiger partial charge in [0.25, 0.3) is 8.53 Å². The van der Waals surface area contributed by atoms with Gasteiger partial charge in [-0.15, -0.1) is 0 Å². The smallest absolute Gasteiger partial charge is 0.259 e. The molecule has 2 heterocycles. The second-order valence-corrected chi connectivity index (χ2v) is 20.1. The second-order valence-electron chi connectivity index (χ2n) is 18.7. The Balaban J connectivity index is 1.21. The molecule has 74 heavy (non-hydrogen) atoms. The monoisotopic (exact) mass is 1020 g/mol. The van der Waals surface area contributed by atoms with Gasteiger partial charge >= 0.3 is 0 Å². The predicted octanol–water partition coefficient (Wildman–Crippen LogP) is 11.7. The van der Waals surface area contributed by atoms with E-state index in [0.29, 0.717) is 11.5 Å². The van der Waals surface area contributed by atoms with E-state index in [1.54, 1.807) is 14.2 Å². The Labute approximate surface area is 438 Å². The van der Waals surface area contributed by atoms with E-state index in [2.05, 4.69) is 50.6 Å². The van der Waals surface area contributed by atoms with E-state index in [-0.39, 0.29) is 58.1 Å². The van der Waals surface area contributed by atoms with Gasteiger partial charge in [0.15, 0.2) is 12.6 Å². The van der Waals surface area contributed by atoms with E-state index in [1.807, 2.05) is 158 Å². The van der Waals surface area contributed by atoms with E-state index in [1.165, 1.54) is 0 Å². The molecule has 2 aliphatic heterocycles. The maximum Gasteiger partial charge on any atom is 0.259 e. The minimum atomic E-state index is -1.70. The summed E-state index contributed by atoms with van der Waals surface area (Å²) in [6.07, 6.45) is -5.13. The molecule has 0 saturated carbocycles. The standard InChI is InChI=1S/C60H69N2O11P/c1-43(2)62(44(3)4)74(69-37-19-36-61)70-41-53(40-68-60(48-26-17-10-18-27-48,49-28-32-51(63-5)33-29-49)50-30-34-52(64-6)35-31-50)71-59-57(66-39-46-22-13-8-14-23-46)56(65-38-45-20-11-7-12-21-45)55-54(72-59)42-67-58(73-55)47-24-15-9-16-25-47/h7-18,20-35,43-44,53-59H,19,37-42H2,1-6H3/t53-,54+,55+,56-,57+,58?,59-,74?/m0/s1. The first-order valence-corrected chi connectivity index (χ1v) is 26.5. The maximum atomic E-state index is 9.56. The molecule has 2 unspecified atom stereocenters. The lowest BCUT2D eigenvalue weighted by Gasteiger charge is -2.49. The Kier molecular flexibility index (Phi) is 20.2. The number of hydrogen-bond acceptors (Lipinski definition) is 13. The molecule has 0 amide bonds. The number of hydrogen-bond donors (Lipinski definition) is 0. The molecule has 8 atom stereocenters. The molecule has 6 aromatic carbocycles. The summed E-state index contributed by atoms with van der Waals surface area (Å²) in [6.45, 7) is 9.30. The predicted molar refractivity (Wildman–Crippen MR) is 283 cm³/mol. The normalized spacial score (nSPS) is 20.7. The third-order valence-corrected chi connectivity index (χ3v) is 15.0. The van der Waals surface area contributed by atoms with E-state index < -0.39 is 57.2 Å². The molecule has 2 fully saturated rings. The first-order valence-electron chi connectivity index (χ1n) is 25.3. The van der Waals surface area contributed by atoms with E-state index in [0.717, 1.165) is 33.4 Å². The molecule has 0 N–H and O–H groups in total. The molecular formula is C60H69N2O11P. The van der Waals surface area contributed by atoms with E-state index in [9.17, 15) is 5.26 Å². The molecule has 0 spiro atoms. The van der Waals surface area contributed by atoms with Crippen LogP contribution in [0.5, 0.6) is 11.5 Å². The molecule has 0 aliphatic carbocycles. The first-order chi connectivity index (χ1) is 36.2. The molecule has 13 nitrogen and oxygen atoms in total. The molecule has 2 saturated heterocycles. The summed E-state index contributed by atoms with van der Waals surface area (Å²) >= 11 is 0. The van der Waals surface area contributed by atoms with Crippen LogP contribution in [0.3, 0.4) is 0 Å².